The van der Waals surface area contributed by atoms with Crippen molar-refractivity contribution in [3.63, 3.8) is 0 Å². The first-order chi connectivity index (χ1) is 6.57. The number of aryl methyl sites for hydroxylation is 2. The van der Waals surface area contributed by atoms with Crippen molar-refractivity contribution in [2.24, 2.45) is 5.73 Å². The van der Waals surface area contributed by atoms with Gasteiger partial charge < -0.3 is 15.9 Å². The Bertz CT molecular complexity index is 292. The largest absolute Gasteiger partial charge is 0.389 e. The third kappa shape index (κ3) is 2.12. The van der Waals surface area contributed by atoms with Gasteiger partial charge in [0.25, 0.3) is 0 Å². The van der Waals surface area contributed by atoms with Crippen molar-refractivity contribution in [3.8, 4) is 0 Å². The minimum Gasteiger partial charge on any atom is -0.389 e. The van der Waals surface area contributed by atoms with Gasteiger partial charge in [0.1, 0.15) is 6.10 Å². The van der Waals surface area contributed by atoms with E-state index >= 15 is 0 Å². The minimum absolute atomic E-state index is 0.0644. The molecule has 0 aromatic heterocycles. The second-order valence-electron chi connectivity index (χ2n) is 3.55. The molecule has 0 aliphatic carbocycles. The number of hydrogen-bond donors (Lipinski definition) is 3. The lowest BCUT2D eigenvalue weighted by molar-refractivity contribution is 0.0236. The summed E-state index contributed by atoms with van der Waals surface area (Å²) in [6.45, 7) is 3.89. The molecule has 0 saturated heterocycles. The van der Waals surface area contributed by atoms with Crippen molar-refractivity contribution in [2.45, 2.75) is 26.1 Å². The van der Waals surface area contributed by atoms with E-state index in [4.69, 9.17) is 5.73 Å². The number of aliphatic hydroxyl groups excluding tert-OH is 2. The molecule has 0 fully saturated rings. The fraction of sp³-hybridized carbons (Fsp3) is 0.455. The van der Waals surface area contributed by atoms with Gasteiger partial charge in [-0.25, -0.2) is 0 Å². The molecule has 3 nitrogen and oxygen atoms in total. The quantitative estimate of drug-likeness (QED) is 0.663. The van der Waals surface area contributed by atoms with Crippen LogP contribution in [-0.2, 0) is 0 Å². The first-order valence-electron chi connectivity index (χ1n) is 4.70. The van der Waals surface area contributed by atoms with E-state index < -0.39 is 12.2 Å². The fourth-order valence-corrected chi connectivity index (χ4v) is 1.62. The Morgan fingerprint density at radius 3 is 2.14 bits per heavy atom. The molecule has 0 saturated carbocycles. The van der Waals surface area contributed by atoms with Crippen LogP contribution < -0.4 is 5.73 Å². The molecule has 14 heavy (non-hydrogen) atoms. The van der Waals surface area contributed by atoms with Crippen molar-refractivity contribution in [1.29, 1.82) is 0 Å². The van der Waals surface area contributed by atoms with Crippen molar-refractivity contribution >= 4 is 0 Å². The smallest absolute Gasteiger partial charge is 0.107 e. The molecule has 1 aromatic carbocycles. The molecule has 1 rings (SSSR count). The van der Waals surface area contributed by atoms with E-state index in [0.29, 0.717) is 0 Å². The van der Waals surface area contributed by atoms with Crippen LogP contribution in [0, 0.1) is 13.8 Å². The van der Waals surface area contributed by atoms with E-state index in [0.717, 1.165) is 16.7 Å². The zero-order valence-corrected chi connectivity index (χ0v) is 8.57. The zero-order chi connectivity index (χ0) is 10.7. The Hall–Kier alpha value is -0.900. The predicted molar refractivity (Wildman–Crippen MR) is 55.9 cm³/mol. The van der Waals surface area contributed by atoms with E-state index in [2.05, 4.69) is 0 Å². The van der Waals surface area contributed by atoms with Crippen LogP contribution in [-0.4, -0.2) is 22.9 Å². The van der Waals surface area contributed by atoms with Gasteiger partial charge in [-0.05, 0) is 30.5 Å². The zero-order valence-electron chi connectivity index (χ0n) is 8.57. The van der Waals surface area contributed by atoms with Crippen molar-refractivity contribution < 1.29 is 10.2 Å². The molecule has 4 N–H and O–H groups in total. The summed E-state index contributed by atoms with van der Waals surface area (Å²) in [5, 5.41) is 19.3. The van der Waals surface area contributed by atoms with Gasteiger partial charge >= 0.3 is 0 Å². The minimum atomic E-state index is -0.894. The monoisotopic (exact) mass is 195 g/mol. The van der Waals surface area contributed by atoms with E-state index in [9.17, 15) is 10.2 Å². The lowest BCUT2D eigenvalue weighted by atomic mass is 9.95. The van der Waals surface area contributed by atoms with Gasteiger partial charge in [-0.15, -0.1) is 0 Å². The normalized spacial score (nSPS) is 15.2. The number of benzene rings is 1. The summed E-state index contributed by atoms with van der Waals surface area (Å²) >= 11 is 0. The van der Waals surface area contributed by atoms with Crippen LogP contribution in [0.15, 0.2) is 18.2 Å². The van der Waals surface area contributed by atoms with Crippen LogP contribution in [0.2, 0.25) is 0 Å². The Kier molecular flexibility index (Phi) is 3.63. The fourth-order valence-electron chi connectivity index (χ4n) is 1.62. The second kappa shape index (κ2) is 4.55. The van der Waals surface area contributed by atoms with Gasteiger partial charge in [-0.3, -0.25) is 0 Å². The van der Waals surface area contributed by atoms with Gasteiger partial charge in [0, 0.05) is 6.54 Å². The summed E-state index contributed by atoms with van der Waals surface area (Å²) in [6, 6.07) is 5.75. The highest BCUT2D eigenvalue weighted by atomic mass is 16.3. The van der Waals surface area contributed by atoms with Crippen LogP contribution >= 0.6 is 0 Å². The molecule has 0 heterocycles. The van der Waals surface area contributed by atoms with E-state index in [1.165, 1.54) is 0 Å². The van der Waals surface area contributed by atoms with Crippen LogP contribution in [0.4, 0.5) is 0 Å². The van der Waals surface area contributed by atoms with Crippen LogP contribution in [0.25, 0.3) is 0 Å². The molecule has 3 heteroatoms. The lowest BCUT2D eigenvalue weighted by Gasteiger charge is -2.20. The number of nitrogens with two attached hydrogens (primary N) is 1. The van der Waals surface area contributed by atoms with Gasteiger partial charge in [0.2, 0.25) is 0 Å². The van der Waals surface area contributed by atoms with Gasteiger partial charge in [0.15, 0.2) is 0 Å². The topological polar surface area (TPSA) is 66.5 Å². The molecule has 0 spiro atoms. The Morgan fingerprint density at radius 1 is 1.21 bits per heavy atom. The highest BCUT2D eigenvalue weighted by Crippen LogP contribution is 2.23. The molecular weight excluding hydrogens is 178 g/mol. The molecule has 0 aliphatic heterocycles. The molecule has 0 bridgehead atoms. The summed E-state index contributed by atoms with van der Waals surface area (Å²) in [7, 11) is 0. The first-order valence-corrected chi connectivity index (χ1v) is 4.70. The maximum Gasteiger partial charge on any atom is 0.107 e. The average Bonchev–Trinajstić information content (AvgIpc) is 2.16. The van der Waals surface area contributed by atoms with E-state index in [-0.39, 0.29) is 6.54 Å². The molecule has 1 aromatic rings. The molecule has 2 unspecified atom stereocenters. The van der Waals surface area contributed by atoms with Gasteiger partial charge in [-0.1, -0.05) is 18.2 Å². The summed E-state index contributed by atoms with van der Waals surface area (Å²) in [6.07, 6.45) is -1.78. The Morgan fingerprint density at radius 2 is 1.71 bits per heavy atom. The summed E-state index contributed by atoms with van der Waals surface area (Å²) in [5.41, 5.74) is 8.04. The SMILES string of the molecule is Cc1cccc(C)c1C(O)C(O)CN. The number of hydrogen-bond acceptors (Lipinski definition) is 3. The molecule has 2 atom stereocenters. The highest BCUT2D eigenvalue weighted by Gasteiger charge is 2.19. The van der Waals surface area contributed by atoms with Crippen molar-refractivity contribution in [1.82, 2.24) is 0 Å². The summed E-state index contributed by atoms with van der Waals surface area (Å²) in [5.74, 6) is 0. The molecule has 0 aliphatic rings. The maximum atomic E-state index is 9.82. The number of rotatable bonds is 3. The predicted octanol–water partition coefficient (Wildman–Crippen LogP) is 0.656. The Labute approximate surface area is 84.2 Å². The average molecular weight is 195 g/mol. The number of aliphatic hydroxyl groups is 2. The maximum absolute atomic E-state index is 9.82. The van der Waals surface area contributed by atoms with Crippen LogP contribution in [0.3, 0.4) is 0 Å². The van der Waals surface area contributed by atoms with Crippen molar-refractivity contribution in [3.05, 3.63) is 34.9 Å². The van der Waals surface area contributed by atoms with Gasteiger partial charge in [0.05, 0.1) is 6.10 Å². The molecule has 0 radical (unpaired) electrons. The standard InChI is InChI=1S/C11H17NO2/c1-7-4-3-5-8(2)10(7)11(14)9(13)6-12/h3-5,9,11,13-14H,6,12H2,1-2H3. The summed E-state index contributed by atoms with van der Waals surface area (Å²) < 4.78 is 0. The van der Waals surface area contributed by atoms with E-state index in [1.54, 1.807) is 0 Å². The van der Waals surface area contributed by atoms with Crippen LogP contribution in [0.5, 0.6) is 0 Å². The third-order valence-electron chi connectivity index (χ3n) is 2.44. The second-order valence-corrected chi connectivity index (χ2v) is 3.55. The van der Waals surface area contributed by atoms with Crippen molar-refractivity contribution in [2.75, 3.05) is 6.54 Å². The van der Waals surface area contributed by atoms with E-state index in [1.807, 2.05) is 32.0 Å². The molecular formula is C11H17NO2. The van der Waals surface area contributed by atoms with Gasteiger partial charge in [-0.2, -0.15) is 0 Å². The third-order valence-corrected chi connectivity index (χ3v) is 2.44. The highest BCUT2D eigenvalue weighted by molar-refractivity contribution is 5.35. The molecule has 0 amide bonds. The lowest BCUT2D eigenvalue weighted by Crippen LogP contribution is -2.28. The molecule has 78 valence electrons. The summed E-state index contributed by atoms with van der Waals surface area (Å²) in [4.78, 5) is 0. The first kappa shape index (κ1) is 11.2. The van der Waals surface area contributed by atoms with Crippen LogP contribution in [0.1, 0.15) is 22.8 Å². The Balaban J connectivity index is 3.05.